The molecular formula is C16H15F3N2O3. The maximum absolute atomic E-state index is 12.9. The Labute approximate surface area is 136 Å². The summed E-state index contributed by atoms with van der Waals surface area (Å²) in [5, 5.41) is 11.7. The Morgan fingerprint density at radius 3 is 2.71 bits per heavy atom. The molecule has 2 rings (SSSR count). The summed E-state index contributed by atoms with van der Waals surface area (Å²) in [4.78, 5) is 15.6. The van der Waals surface area contributed by atoms with Gasteiger partial charge in [-0.15, -0.1) is 0 Å². The Morgan fingerprint density at radius 2 is 2.08 bits per heavy atom. The molecule has 1 aromatic heterocycles. The zero-order valence-corrected chi connectivity index (χ0v) is 12.7. The molecule has 5 nitrogen and oxygen atoms in total. The lowest BCUT2D eigenvalue weighted by Crippen LogP contribution is -2.20. The van der Waals surface area contributed by atoms with Crippen molar-refractivity contribution in [2.45, 2.75) is 19.7 Å². The second-order valence-corrected chi connectivity index (χ2v) is 4.77. The lowest BCUT2D eigenvalue weighted by molar-refractivity contribution is -0.138. The molecule has 1 amide bonds. The van der Waals surface area contributed by atoms with Crippen LogP contribution in [0, 0.1) is 0 Å². The first-order valence-electron chi connectivity index (χ1n) is 7.07. The number of carbonyl (C=O) groups is 1. The summed E-state index contributed by atoms with van der Waals surface area (Å²) >= 11 is 0. The third-order valence-corrected chi connectivity index (χ3v) is 3.12. The van der Waals surface area contributed by atoms with Crippen molar-refractivity contribution >= 4 is 11.6 Å². The van der Waals surface area contributed by atoms with Crippen LogP contribution in [0.3, 0.4) is 0 Å². The molecule has 0 atom stereocenters. The zero-order valence-electron chi connectivity index (χ0n) is 12.7. The Morgan fingerprint density at radius 1 is 1.33 bits per heavy atom. The van der Waals surface area contributed by atoms with Crippen LogP contribution in [0.4, 0.5) is 18.9 Å². The Kier molecular flexibility index (Phi) is 5.40. The number of carbonyl (C=O) groups excluding carboxylic acids is 1. The number of ether oxygens (including phenoxy) is 1. The van der Waals surface area contributed by atoms with Crippen molar-refractivity contribution in [3.8, 4) is 5.75 Å². The van der Waals surface area contributed by atoms with Gasteiger partial charge in [0.2, 0.25) is 0 Å². The van der Waals surface area contributed by atoms with E-state index in [1.807, 2.05) is 0 Å². The van der Waals surface area contributed by atoms with Gasteiger partial charge in [0.15, 0.2) is 0 Å². The second kappa shape index (κ2) is 7.31. The van der Waals surface area contributed by atoms with E-state index in [2.05, 4.69) is 10.3 Å². The maximum atomic E-state index is 12.9. The van der Waals surface area contributed by atoms with Gasteiger partial charge in [0.1, 0.15) is 11.4 Å². The Hall–Kier alpha value is -2.61. The van der Waals surface area contributed by atoms with Crippen molar-refractivity contribution in [2.24, 2.45) is 0 Å². The molecule has 0 spiro atoms. The molecule has 0 bridgehead atoms. The molecule has 1 heterocycles. The van der Waals surface area contributed by atoms with E-state index in [9.17, 15) is 23.1 Å². The third kappa shape index (κ3) is 4.02. The Balaban J connectivity index is 2.28. The fourth-order valence-corrected chi connectivity index (χ4v) is 2.08. The first-order chi connectivity index (χ1) is 11.4. The second-order valence-electron chi connectivity index (χ2n) is 4.77. The number of aromatic nitrogens is 1. The average Bonchev–Trinajstić information content (AvgIpc) is 2.55. The molecular weight excluding hydrogens is 325 g/mol. The minimum atomic E-state index is -4.68. The number of amides is 1. The van der Waals surface area contributed by atoms with Crippen molar-refractivity contribution in [2.75, 3.05) is 11.9 Å². The standard InChI is InChI=1S/C16H15F3N2O3/c1-2-24-13-6-5-11(8-10(13)9-22)21-15(23)14-12(16(17,18)19)4-3-7-20-14/h3-8,22H,2,9H2,1H3,(H,21,23). The highest BCUT2D eigenvalue weighted by Crippen LogP contribution is 2.31. The van der Waals surface area contributed by atoms with Crippen LogP contribution in [0.1, 0.15) is 28.5 Å². The van der Waals surface area contributed by atoms with Crippen molar-refractivity contribution in [3.05, 3.63) is 53.3 Å². The van der Waals surface area contributed by atoms with Gasteiger partial charge in [0, 0.05) is 17.4 Å². The van der Waals surface area contributed by atoms with E-state index in [0.29, 0.717) is 17.9 Å². The summed E-state index contributed by atoms with van der Waals surface area (Å²) in [5.41, 5.74) is -1.20. The van der Waals surface area contributed by atoms with Crippen LogP contribution >= 0.6 is 0 Å². The van der Waals surface area contributed by atoms with E-state index in [1.54, 1.807) is 6.92 Å². The monoisotopic (exact) mass is 340 g/mol. The number of pyridine rings is 1. The number of hydrogen-bond donors (Lipinski definition) is 2. The summed E-state index contributed by atoms with van der Waals surface area (Å²) in [6.07, 6.45) is -3.57. The number of aliphatic hydroxyl groups is 1. The number of nitrogens with one attached hydrogen (secondary N) is 1. The van der Waals surface area contributed by atoms with Crippen LogP contribution < -0.4 is 10.1 Å². The molecule has 128 valence electrons. The molecule has 2 aromatic rings. The van der Waals surface area contributed by atoms with E-state index in [1.165, 1.54) is 18.2 Å². The summed E-state index contributed by atoms with van der Waals surface area (Å²) in [5.74, 6) is -0.553. The van der Waals surface area contributed by atoms with Gasteiger partial charge in [0.25, 0.3) is 5.91 Å². The fourth-order valence-electron chi connectivity index (χ4n) is 2.08. The quantitative estimate of drug-likeness (QED) is 0.876. The molecule has 0 unspecified atom stereocenters. The molecule has 0 saturated heterocycles. The predicted octanol–water partition coefficient (Wildman–Crippen LogP) is 3.24. The molecule has 0 saturated carbocycles. The normalized spacial score (nSPS) is 11.2. The van der Waals surface area contributed by atoms with Gasteiger partial charge < -0.3 is 15.2 Å². The number of benzene rings is 1. The number of halogens is 3. The summed E-state index contributed by atoms with van der Waals surface area (Å²) < 4.78 is 44.1. The first kappa shape index (κ1) is 17.7. The van der Waals surface area contributed by atoms with Crippen molar-refractivity contribution < 1.29 is 27.8 Å². The number of nitrogens with zero attached hydrogens (tertiary/aromatic N) is 1. The van der Waals surface area contributed by atoms with Crippen LogP contribution in [0.5, 0.6) is 5.75 Å². The molecule has 24 heavy (non-hydrogen) atoms. The van der Waals surface area contributed by atoms with Crippen LogP contribution in [-0.4, -0.2) is 22.6 Å². The van der Waals surface area contributed by atoms with E-state index in [0.717, 1.165) is 18.3 Å². The molecule has 0 aliphatic heterocycles. The molecule has 0 aliphatic carbocycles. The third-order valence-electron chi connectivity index (χ3n) is 3.12. The van der Waals surface area contributed by atoms with E-state index >= 15 is 0 Å². The number of aliphatic hydroxyl groups excluding tert-OH is 1. The SMILES string of the molecule is CCOc1ccc(NC(=O)c2ncccc2C(F)(F)F)cc1CO. The van der Waals surface area contributed by atoms with Gasteiger partial charge >= 0.3 is 6.18 Å². The van der Waals surface area contributed by atoms with E-state index in [4.69, 9.17) is 4.74 Å². The van der Waals surface area contributed by atoms with Gasteiger partial charge in [0.05, 0.1) is 18.8 Å². The van der Waals surface area contributed by atoms with Crippen molar-refractivity contribution in [1.29, 1.82) is 0 Å². The van der Waals surface area contributed by atoms with Gasteiger partial charge in [-0.1, -0.05) is 0 Å². The lowest BCUT2D eigenvalue weighted by atomic mass is 10.1. The van der Waals surface area contributed by atoms with Crippen LogP contribution in [0.25, 0.3) is 0 Å². The topological polar surface area (TPSA) is 71.5 Å². The average molecular weight is 340 g/mol. The zero-order chi connectivity index (χ0) is 17.7. The minimum Gasteiger partial charge on any atom is -0.494 e. The van der Waals surface area contributed by atoms with Gasteiger partial charge in [-0.05, 0) is 37.3 Å². The van der Waals surface area contributed by atoms with Crippen LogP contribution in [-0.2, 0) is 12.8 Å². The smallest absolute Gasteiger partial charge is 0.418 e. The Bertz CT molecular complexity index is 733. The van der Waals surface area contributed by atoms with Crippen molar-refractivity contribution in [3.63, 3.8) is 0 Å². The molecule has 0 radical (unpaired) electrons. The summed E-state index contributed by atoms with van der Waals surface area (Å²) in [6, 6.07) is 6.32. The molecule has 0 fully saturated rings. The van der Waals surface area contributed by atoms with E-state index in [-0.39, 0.29) is 12.3 Å². The van der Waals surface area contributed by atoms with Crippen LogP contribution in [0.2, 0.25) is 0 Å². The largest absolute Gasteiger partial charge is 0.494 e. The number of alkyl halides is 3. The molecule has 1 aromatic carbocycles. The fraction of sp³-hybridized carbons (Fsp3) is 0.250. The molecule has 2 N–H and O–H groups in total. The van der Waals surface area contributed by atoms with Gasteiger partial charge in [-0.2, -0.15) is 13.2 Å². The number of rotatable bonds is 5. The lowest BCUT2D eigenvalue weighted by Gasteiger charge is -2.13. The van der Waals surface area contributed by atoms with Gasteiger partial charge in [-0.25, -0.2) is 0 Å². The minimum absolute atomic E-state index is 0.228. The van der Waals surface area contributed by atoms with Crippen LogP contribution in [0.15, 0.2) is 36.5 Å². The van der Waals surface area contributed by atoms with E-state index < -0.39 is 23.3 Å². The highest BCUT2D eigenvalue weighted by molar-refractivity contribution is 6.04. The van der Waals surface area contributed by atoms with Crippen molar-refractivity contribution in [1.82, 2.24) is 4.98 Å². The first-order valence-corrected chi connectivity index (χ1v) is 7.07. The summed E-state index contributed by atoms with van der Waals surface area (Å²) in [7, 11) is 0. The molecule has 8 heteroatoms. The number of anilines is 1. The summed E-state index contributed by atoms with van der Waals surface area (Å²) in [6.45, 7) is 1.83. The highest BCUT2D eigenvalue weighted by atomic mass is 19.4. The highest BCUT2D eigenvalue weighted by Gasteiger charge is 2.35. The predicted molar refractivity (Wildman–Crippen MR) is 80.7 cm³/mol. The number of hydrogen-bond acceptors (Lipinski definition) is 4. The van der Waals surface area contributed by atoms with Gasteiger partial charge in [-0.3, -0.25) is 9.78 Å². The maximum Gasteiger partial charge on any atom is 0.418 e. The molecule has 0 aliphatic rings.